The van der Waals surface area contributed by atoms with Crippen LogP contribution in [0.3, 0.4) is 0 Å². The highest BCUT2D eigenvalue weighted by Gasteiger charge is 2.24. The molecule has 0 saturated carbocycles. The third-order valence-electron chi connectivity index (χ3n) is 3.13. The maximum atomic E-state index is 10.2. The van der Waals surface area contributed by atoms with Crippen LogP contribution in [0.5, 0.6) is 0 Å². The van der Waals surface area contributed by atoms with Crippen molar-refractivity contribution in [3.8, 4) is 0 Å². The van der Waals surface area contributed by atoms with E-state index in [-0.39, 0.29) is 17.5 Å². The van der Waals surface area contributed by atoms with Gasteiger partial charge in [-0.2, -0.15) is 4.99 Å². The number of nitrogens with zero attached hydrogens (tertiary/aromatic N) is 1. The fourth-order valence-corrected chi connectivity index (χ4v) is 2.18. The lowest BCUT2D eigenvalue weighted by atomic mass is 9.96. The van der Waals surface area contributed by atoms with E-state index in [2.05, 4.69) is 4.99 Å². The van der Waals surface area contributed by atoms with Gasteiger partial charge in [0.1, 0.15) is 11.6 Å². The zero-order valence-electron chi connectivity index (χ0n) is 11.8. The number of aliphatic hydroxyl groups excluding tert-OH is 1. The molecular formula is C15H18N2O3. The number of hydrogen-bond acceptors (Lipinski definition) is 5. The van der Waals surface area contributed by atoms with Crippen molar-refractivity contribution in [1.29, 1.82) is 0 Å². The summed E-state index contributed by atoms with van der Waals surface area (Å²) in [6.07, 6.45) is 0.463. The fraction of sp³-hybridized carbons (Fsp3) is 0.267. The van der Waals surface area contributed by atoms with Crippen LogP contribution in [0.15, 0.2) is 40.9 Å². The highest BCUT2D eigenvalue weighted by Crippen LogP contribution is 2.33. The van der Waals surface area contributed by atoms with Gasteiger partial charge in [-0.1, -0.05) is 31.2 Å². The number of hydrogen-bond donors (Lipinski definition) is 2. The molecular weight excluding hydrogens is 256 g/mol. The van der Waals surface area contributed by atoms with Crippen LogP contribution in [0.1, 0.15) is 24.5 Å². The molecule has 1 heterocycles. The van der Waals surface area contributed by atoms with Crippen molar-refractivity contribution in [3.05, 3.63) is 47.0 Å². The highest BCUT2D eigenvalue weighted by atomic mass is 16.5. The molecule has 3 N–H and O–H groups in total. The number of benzene rings is 1. The number of allylic oxidation sites excluding steroid dienone is 1. The average molecular weight is 274 g/mol. The molecule has 0 fully saturated rings. The zero-order valence-corrected chi connectivity index (χ0v) is 11.8. The number of fused-ring (bicyclic) bond motifs is 1. The van der Waals surface area contributed by atoms with Crippen molar-refractivity contribution in [2.45, 2.75) is 13.3 Å². The van der Waals surface area contributed by atoms with Gasteiger partial charge in [0.2, 0.25) is 0 Å². The molecule has 1 aliphatic heterocycles. The summed E-state index contributed by atoms with van der Waals surface area (Å²) in [5.74, 6) is 1.17. The smallest absolute Gasteiger partial charge is 0.259 e. The van der Waals surface area contributed by atoms with Gasteiger partial charge in [-0.15, -0.1) is 0 Å². The first kappa shape index (κ1) is 14.0. The number of ether oxygens (including phenoxy) is 2. The topological polar surface area (TPSA) is 77.1 Å². The normalized spacial score (nSPS) is 17.1. The first-order chi connectivity index (χ1) is 9.63. The lowest BCUT2D eigenvalue weighted by Gasteiger charge is -2.12. The monoisotopic (exact) mass is 274 g/mol. The van der Waals surface area contributed by atoms with Crippen molar-refractivity contribution in [3.63, 3.8) is 0 Å². The summed E-state index contributed by atoms with van der Waals surface area (Å²) in [4.78, 5) is 4.22. The lowest BCUT2D eigenvalue weighted by molar-refractivity contribution is 0.263. The molecule has 5 nitrogen and oxygen atoms in total. The predicted molar refractivity (Wildman–Crippen MR) is 78.8 cm³/mol. The van der Waals surface area contributed by atoms with Crippen LogP contribution in [-0.2, 0) is 9.47 Å². The first-order valence-electron chi connectivity index (χ1n) is 6.32. The third kappa shape index (κ3) is 2.22. The van der Waals surface area contributed by atoms with E-state index < -0.39 is 0 Å². The standard InChI is InChI=1S/C15H18N2O3/c1-4-11(18)12-9-7-5-6-8-10(9)13(19-2)15(20-3)17-14(12)16/h5-8,18H,4H2,1-3H3,(H2,16,17). The minimum absolute atomic E-state index is 0.187. The number of aliphatic imine (C=N–C) groups is 1. The van der Waals surface area contributed by atoms with Gasteiger partial charge in [-0.3, -0.25) is 0 Å². The zero-order chi connectivity index (χ0) is 14.7. The number of nitrogens with two attached hydrogens (primary N) is 1. The lowest BCUT2D eigenvalue weighted by Crippen LogP contribution is -2.16. The van der Waals surface area contributed by atoms with Crippen LogP contribution in [0.2, 0.25) is 0 Å². The Balaban J connectivity index is 2.83. The molecule has 0 bridgehead atoms. The molecule has 0 spiro atoms. The average Bonchev–Trinajstić information content (AvgIpc) is 2.59. The Hall–Kier alpha value is -2.43. The van der Waals surface area contributed by atoms with Crippen LogP contribution in [-0.4, -0.2) is 25.2 Å². The molecule has 0 aliphatic carbocycles. The van der Waals surface area contributed by atoms with E-state index in [4.69, 9.17) is 15.2 Å². The summed E-state index contributed by atoms with van der Waals surface area (Å²) in [6, 6.07) is 7.51. The second kappa shape index (κ2) is 5.69. The van der Waals surface area contributed by atoms with Crippen molar-refractivity contribution in [2.75, 3.05) is 14.2 Å². The molecule has 1 aromatic carbocycles. The minimum atomic E-state index is 0.187. The molecule has 1 aliphatic rings. The van der Waals surface area contributed by atoms with Crippen molar-refractivity contribution in [1.82, 2.24) is 0 Å². The SMILES string of the molecule is CCC(O)=C1C(N)=NC(OC)=C(OC)c2ccccc21. The fourth-order valence-electron chi connectivity index (χ4n) is 2.18. The summed E-state index contributed by atoms with van der Waals surface area (Å²) >= 11 is 0. The summed E-state index contributed by atoms with van der Waals surface area (Å²) < 4.78 is 10.6. The number of methoxy groups -OCH3 is 2. The van der Waals surface area contributed by atoms with E-state index in [1.54, 1.807) is 7.11 Å². The largest absolute Gasteiger partial charge is 0.512 e. The molecule has 1 aromatic rings. The number of amidine groups is 1. The van der Waals surface area contributed by atoms with Gasteiger partial charge in [0.25, 0.3) is 5.88 Å². The third-order valence-corrected chi connectivity index (χ3v) is 3.13. The van der Waals surface area contributed by atoms with Gasteiger partial charge in [-0.05, 0) is 5.56 Å². The van der Waals surface area contributed by atoms with Crippen LogP contribution in [0.25, 0.3) is 11.3 Å². The number of rotatable bonds is 3. The van der Waals surface area contributed by atoms with Gasteiger partial charge in [-0.25, -0.2) is 0 Å². The highest BCUT2D eigenvalue weighted by molar-refractivity contribution is 6.24. The van der Waals surface area contributed by atoms with Crippen LogP contribution >= 0.6 is 0 Å². The van der Waals surface area contributed by atoms with Gasteiger partial charge in [0, 0.05) is 12.0 Å². The molecule has 0 aromatic heterocycles. The Bertz CT molecular complexity index is 615. The Morgan fingerprint density at radius 2 is 1.85 bits per heavy atom. The van der Waals surface area contributed by atoms with Gasteiger partial charge in [0.15, 0.2) is 5.76 Å². The summed E-state index contributed by atoms with van der Waals surface area (Å²) in [5.41, 5.74) is 8.09. The van der Waals surface area contributed by atoms with E-state index in [9.17, 15) is 5.11 Å². The molecule has 0 unspecified atom stereocenters. The van der Waals surface area contributed by atoms with Crippen LogP contribution in [0, 0.1) is 0 Å². The number of aliphatic hydroxyl groups is 1. The molecule has 0 saturated heterocycles. The maximum absolute atomic E-state index is 10.2. The second-order valence-corrected chi connectivity index (χ2v) is 4.26. The molecule has 0 atom stereocenters. The molecule has 106 valence electrons. The van der Waals surface area contributed by atoms with E-state index >= 15 is 0 Å². The Morgan fingerprint density at radius 1 is 1.20 bits per heavy atom. The predicted octanol–water partition coefficient (Wildman–Crippen LogP) is 2.66. The molecule has 2 rings (SSSR count). The van der Waals surface area contributed by atoms with Crippen molar-refractivity contribution >= 4 is 17.2 Å². The Kier molecular flexibility index (Phi) is 3.98. The quantitative estimate of drug-likeness (QED) is 0.831. The summed E-state index contributed by atoms with van der Waals surface area (Å²) in [6.45, 7) is 1.85. The molecule has 20 heavy (non-hydrogen) atoms. The van der Waals surface area contributed by atoms with Crippen molar-refractivity contribution < 1.29 is 14.6 Å². The Morgan fingerprint density at radius 3 is 2.40 bits per heavy atom. The first-order valence-corrected chi connectivity index (χ1v) is 6.32. The van der Waals surface area contributed by atoms with Crippen molar-refractivity contribution in [2.24, 2.45) is 10.7 Å². The molecule has 0 radical (unpaired) electrons. The van der Waals surface area contributed by atoms with E-state index in [0.29, 0.717) is 17.8 Å². The van der Waals surface area contributed by atoms with E-state index in [1.807, 2.05) is 31.2 Å². The summed E-state index contributed by atoms with van der Waals surface area (Å²) in [5, 5.41) is 10.2. The van der Waals surface area contributed by atoms with Gasteiger partial charge >= 0.3 is 0 Å². The van der Waals surface area contributed by atoms with Gasteiger partial charge < -0.3 is 20.3 Å². The van der Waals surface area contributed by atoms with E-state index in [1.165, 1.54) is 7.11 Å². The minimum Gasteiger partial charge on any atom is -0.512 e. The van der Waals surface area contributed by atoms with Crippen LogP contribution < -0.4 is 5.73 Å². The van der Waals surface area contributed by atoms with E-state index in [0.717, 1.165) is 11.1 Å². The Labute approximate surface area is 118 Å². The van der Waals surface area contributed by atoms with Crippen LogP contribution in [0.4, 0.5) is 0 Å². The molecule has 0 amide bonds. The second-order valence-electron chi connectivity index (χ2n) is 4.26. The maximum Gasteiger partial charge on any atom is 0.259 e. The molecule has 5 heteroatoms. The summed E-state index contributed by atoms with van der Waals surface area (Å²) in [7, 11) is 3.05. The van der Waals surface area contributed by atoms with Gasteiger partial charge in [0.05, 0.1) is 19.8 Å².